The van der Waals surface area contributed by atoms with Crippen molar-refractivity contribution in [2.45, 2.75) is 25.8 Å². The van der Waals surface area contributed by atoms with Crippen LogP contribution in [0.3, 0.4) is 0 Å². The molecule has 0 aliphatic heterocycles. The van der Waals surface area contributed by atoms with Crippen LogP contribution in [0.4, 0.5) is 0 Å². The number of H-pyrrole nitrogens is 1. The van der Waals surface area contributed by atoms with Crippen molar-refractivity contribution >= 4 is 10.9 Å². The number of nitrogens with two attached hydrogens (primary N) is 1. The number of hydrogen-bond donors (Lipinski definition) is 2. The van der Waals surface area contributed by atoms with Crippen molar-refractivity contribution < 1.29 is 4.74 Å². The number of nitrogens with one attached hydrogen (secondary N) is 1. The minimum absolute atomic E-state index is 0.277. The van der Waals surface area contributed by atoms with E-state index in [1.165, 1.54) is 6.20 Å². The fraction of sp³-hybridized carbons (Fsp3) is 0.222. The molecule has 0 spiro atoms. The molecule has 0 saturated heterocycles. The van der Waals surface area contributed by atoms with Crippen LogP contribution in [0.25, 0.3) is 10.9 Å². The van der Waals surface area contributed by atoms with Crippen LogP contribution in [0.5, 0.6) is 11.6 Å². The van der Waals surface area contributed by atoms with E-state index in [-0.39, 0.29) is 5.54 Å². The Hall–Kier alpha value is -2.84. The van der Waals surface area contributed by atoms with E-state index in [0.29, 0.717) is 17.2 Å². The third-order valence-corrected chi connectivity index (χ3v) is 3.49. The normalized spacial score (nSPS) is 11.4. The minimum atomic E-state index is -0.277. The number of rotatable bonds is 4. The van der Waals surface area contributed by atoms with Gasteiger partial charge in [0.1, 0.15) is 6.07 Å². The Bertz CT molecular complexity index is 867. The predicted molar refractivity (Wildman–Crippen MR) is 89.3 cm³/mol. The average molecular weight is 306 g/mol. The maximum atomic E-state index is 8.81. The van der Waals surface area contributed by atoms with Gasteiger partial charge in [-0.2, -0.15) is 5.26 Å². The first-order valence-corrected chi connectivity index (χ1v) is 7.38. The monoisotopic (exact) mass is 306 g/mol. The molecule has 0 aliphatic rings. The van der Waals surface area contributed by atoms with Crippen LogP contribution < -0.4 is 10.5 Å². The Morgan fingerprint density at radius 2 is 2.13 bits per heavy atom. The molecule has 0 atom stereocenters. The maximum absolute atomic E-state index is 8.81. The molecule has 0 saturated carbocycles. The SMILES string of the molecule is CC(C)(N)Cc1c[nH]c2c(Oc3ccc(C#N)cn3)cccc12. The smallest absolute Gasteiger partial charge is 0.219 e. The zero-order valence-electron chi connectivity index (χ0n) is 13.1. The van der Waals surface area contributed by atoms with Gasteiger partial charge in [0.15, 0.2) is 5.75 Å². The van der Waals surface area contributed by atoms with Gasteiger partial charge in [-0.15, -0.1) is 0 Å². The van der Waals surface area contributed by atoms with Gasteiger partial charge in [0, 0.05) is 29.4 Å². The molecule has 2 aromatic heterocycles. The molecule has 0 radical (unpaired) electrons. The third kappa shape index (κ3) is 3.33. The van der Waals surface area contributed by atoms with Crippen molar-refractivity contribution in [2.24, 2.45) is 5.73 Å². The fourth-order valence-electron chi connectivity index (χ4n) is 2.53. The Kier molecular flexibility index (Phi) is 3.77. The fourth-order valence-corrected chi connectivity index (χ4v) is 2.53. The number of pyridine rings is 1. The average Bonchev–Trinajstić information content (AvgIpc) is 2.90. The second-order valence-corrected chi connectivity index (χ2v) is 6.26. The highest BCUT2D eigenvalue weighted by atomic mass is 16.5. The van der Waals surface area contributed by atoms with E-state index < -0.39 is 0 Å². The number of nitriles is 1. The molecular weight excluding hydrogens is 288 g/mol. The van der Waals surface area contributed by atoms with Crippen molar-refractivity contribution in [1.29, 1.82) is 5.26 Å². The molecule has 23 heavy (non-hydrogen) atoms. The Labute approximate surface area is 134 Å². The molecule has 0 amide bonds. The lowest BCUT2D eigenvalue weighted by molar-refractivity contribution is 0.467. The van der Waals surface area contributed by atoms with Gasteiger partial charge in [-0.3, -0.25) is 0 Å². The van der Waals surface area contributed by atoms with Gasteiger partial charge < -0.3 is 15.5 Å². The summed E-state index contributed by atoms with van der Waals surface area (Å²) in [5, 5.41) is 9.90. The van der Waals surface area contributed by atoms with Crippen molar-refractivity contribution in [3.63, 3.8) is 0 Å². The lowest BCUT2D eigenvalue weighted by Gasteiger charge is -2.17. The van der Waals surface area contributed by atoms with Crippen LogP contribution in [0, 0.1) is 11.3 Å². The first kappa shape index (κ1) is 15.1. The molecule has 0 unspecified atom stereocenters. The van der Waals surface area contributed by atoms with Crippen LogP contribution in [0.15, 0.2) is 42.7 Å². The third-order valence-electron chi connectivity index (χ3n) is 3.49. The quantitative estimate of drug-likeness (QED) is 0.772. The molecule has 3 aromatic rings. The van der Waals surface area contributed by atoms with Gasteiger partial charge in [0.2, 0.25) is 5.88 Å². The Morgan fingerprint density at radius 3 is 2.78 bits per heavy atom. The van der Waals surface area contributed by atoms with Crippen LogP contribution in [0.2, 0.25) is 0 Å². The van der Waals surface area contributed by atoms with E-state index in [0.717, 1.165) is 22.9 Å². The molecule has 0 aliphatic carbocycles. The number of para-hydroxylation sites is 1. The van der Waals surface area contributed by atoms with E-state index >= 15 is 0 Å². The number of fused-ring (bicyclic) bond motifs is 1. The summed E-state index contributed by atoms with van der Waals surface area (Å²) in [6, 6.07) is 11.3. The number of benzene rings is 1. The van der Waals surface area contributed by atoms with E-state index in [9.17, 15) is 0 Å². The molecule has 1 aromatic carbocycles. The van der Waals surface area contributed by atoms with E-state index in [4.69, 9.17) is 15.7 Å². The highest BCUT2D eigenvalue weighted by Gasteiger charge is 2.16. The molecule has 3 N–H and O–H groups in total. The standard InChI is InChI=1S/C18H18N4O/c1-18(2,20)8-13-11-22-17-14(13)4-3-5-15(17)23-16-7-6-12(9-19)10-21-16/h3-7,10-11,22H,8,20H2,1-2H3. The predicted octanol–water partition coefficient (Wildman–Crippen LogP) is 3.51. The zero-order valence-corrected chi connectivity index (χ0v) is 13.1. The van der Waals surface area contributed by atoms with Crippen LogP contribution in [-0.4, -0.2) is 15.5 Å². The summed E-state index contributed by atoms with van der Waals surface area (Å²) >= 11 is 0. The second-order valence-electron chi connectivity index (χ2n) is 6.26. The number of aromatic nitrogens is 2. The van der Waals surface area contributed by atoms with Gasteiger partial charge in [0.05, 0.1) is 11.1 Å². The molecule has 2 heterocycles. The van der Waals surface area contributed by atoms with Crippen molar-refractivity contribution in [3.8, 4) is 17.7 Å². The molecule has 5 nitrogen and oxygen atoms in total. The highest BCUT2D eigenvalue weighted by molar-refractivity contribution is 5.88. The molecule has 5 heteroatoms. The van der Waals surface area contributed by atoms with E-state index in [1.54, 1.807) is 12.1 Å². The first-order chi connectivity index (χ1) is 11.0. The summed E-state index contributed by atoms with van der Waals surface area (Å²) in [6.45, 7) is 4.01. The van der Waals surface area contributed by atoms with Gasteiger partial charge in [0.25, 0.3) is 0 Å². The largest absolute Gasteiger partial charge is 0.437 e. The van der Waals surface area contributed by atoms with Crippen LogP contribution >= 0.6 is 0 Å². The number of hydrogen-bond acceptors (Lipinski definition) is 4. The first-order valence-electron chi connectivity index (χ1n) is 7.38. The molecule has 0 fully saturated rings. The summed E-state index contributed by atoms with van der Waals surface area (Å²) in [4.78, 5) is 7.40. The van der Waals surface area contributed by atoms with Crippen LogP contribution in [0.1, 0.15) is 25.0 Å². The van der Waals surface area contributed by atoms with Crippen LogP contribution in [-0.2, 0) is 6.42 Å². The second kappa shape index (κ2) is 5.75. The maximum Gasteiger partial charge on any atom is 0.219 e. The number of nitrogens with zero attached hydrogens (tertiary/aromatic N) is 2. The summed E-state index contributed by atoms with van der Waals surface area (Å²) in [5.74, 6) is 1.15. The number of aromatic amines is 1. The highest BCUT2D eigenvalue weighted by Crippen LogP contribution is 2.31. The van der Waals surface area contributed by atoms with Crippen molar-refractivity contribution in [1.82, 2.24) is 9.97 Å². The lowest BCUT2D eigenvalue weighted by Crippen LogP contribution is -2.34. The van der Waals surface area contributed by atoms with Crippen molar-refractivity contribution in [2.75, 3.05) is 0 Å². The zero-order chi connectivity index (χ0) is 16.4. The van der Waals surface area contributed by atoms with Gasteiger partial charge in [-0.05, 0) is 38.0 Å². The van der Waals surface area contributed by atoms with E-state index in [1.807, 2.05) is 44.3 Å². The lowest BCUT2D eigenvalue weighted by atomic mass is 9.96. The molecule has 116 valence electrons. The van der Waals surface area contributed by atoms with E-state index in [2.05, 4.69) is 9.97 Å². The molecular formula is C18H18N4O. The number of ether oxygens (including phenoxy) is 1. The summed E-state index contributed by atoms with van der Waals surface area (Å²) < 4.78 is 5.85. The van der Waals surface area contributed by atoms with Gasteiger partial charge in [-0.25, -0.2) is 4.98 Å². The Balaban J connectivity index is 1.94. The molecule has 0 bridgehead atoms. The van der Waals surface area contributed by atoms with Gasteiger partial charge in [-0.1, -0.05) is 12.1 Å². The summed E-state index contributed by atoms with van der Waals surface area (Å²) in [7, 11) is 0. The van der Waals surface area contributed by atoms with Crippen molar-refractivity contribution in [3.05, 3.63) is 53.9 Å². The minimum Gasteiger partial charge on any atom is -0.437 e. The molecule has 3 rings (SSSR count). The topological polar surface area (TPSA) is 87.7 Å². The Morgan fingerprint density at radius 1 is 1.30 bits per heavy atom. The van der Waals surface area contributed by atoms with Gasteiger partial charge >= 0.3 is 0 Å². The summed E-state index contributed by atoms with van der Waals surface area (Å²) in [6.07, 6.45) is 4.23. The summed E-state index contributed by atoms with van der Waals surface area (Å²) in [5.41, 5.74) is 8.42.